The highest BCUT2D eigenvalue weighted by Crippen LogP contribution is 2.39. The molecule has 1 N–H and O–H groups in total. The standard InChI is InChI=1S/C20H26N4O2S2/c1-5-6-9-24-18(26)16-12(2)13(3)28-17(16)22-19(24)27-10-15(25)23-20(4,11-21)14-7-8-14/h14H,5-10H2,1-4H3,(H,23,25). The van der Waals surface area contributed by atoms with Crippen molar-refractivity contribution in [2.45, 2.75) is 70.6 Å². The fraction of sp³-hybridized carbons (Fsp3) is 0.600. The van der Waals surface area contributed by atoms with Gasteiger partial charge in [0.2, 0.25) is 5.91 Å². The molecule has 28 heavy (non-hydrogen) atoms. The van der Waals surface area contributed by atoms with Crippen LogP contribution in [0.4, 0.5) is 0 Å². The van der Waals surface area contributed by atoms with E-state index in [4.69, 9.17) is 4.98 Å². The number of carbonyl (C=O) groups is 1. The SMILES string of the molecule is CCCCn1c(SCC(=O)NC(C)(C#N)C2CC2)nc2sc(C)c(C)c2c1=O. The second-order valence-electron chi connectivity index (χ2n) is 7.59. The highest BCUT2D eigenvalue weighted by atomic mass is 32.2. The summed E-state index contributed by atoms with van der Waals surface area (Å²) in [4.78, 5) is 32.1. The molecule has 1 atom stereocenters. The molecule has 3 rings (SSSR count). The molecule has 150 valence electrons. The molecule has 8 heteroatoms. The summed E-state index contributed by atoms with van der Waals surface area (Å²) in [5, 5.41) is 13.6. The average molecular weight is 419 g/mol. The third-order valence-electron chi connectivity index (χ3n) is 5.35. The lowest BCUT2D eigenvalue weighted by Gasteiger charge is -2.22. The number of hydrogen-bond donors (Lipinski definition) is 1. The van der Waals surface area contributed by atoms with E-state index in [0.29, 0.717) is 17.1 Å². The predicted molar refractivity (Wildman–Crippen MR) is 114 cm³/mol. The summed E-state index contributed by atoms with van der Waals surface area (Å²) in [5.41, 5.74) is 0.160. The number of aromatic nitrogens is 2. The van der Waals surface area contributed by atoms with Crippen LogP contribution in [0.25, 0.3) is 10.2 Å². The van der Waals surface area contributed by atoms with E-state index in [9.17, 15) is 14.9 Å². The van der Waals surface area contributed by atoms with Crippen LogP contribution in [0.15, 0.2) is 9.95 Å². The number of thiophene rings is 1. The number of nitrogens with zero attached hydrogens (tertiary/aromatic N) is 3. The van der Waals surface area contributed by atoms with Crippen LogP contribution in [0.5, 0.6) is 0 Å². The normalized spacial score (nSPS) is 16.0. The molecule has 6 nitrogen and oxygen atoms in total. The Hall–Kier alpha value is -1.85. The highest BCUT2D eigenvalue weighted by Gasteiger charge is 2.43. The number of nitriles is 1. The van der Waals surface area contributed by atoms with E-state index < -0.39 is 5.54 Å². The number of aryl methyl sites for hydroxylation is 2. The first-order valence-corrected chi connectivity index (χ1v) is 11.5. The Morgan fingerprint density at radius 3 is 2.79 bits per heavy atom. The van der Waals surface area contributed by atoms with E-state index in [1.165, 1.54) is 23.1 Å². The van der Waals surface area contributed by atoms with E-state index in [1.54, 1.807) is 11.5 Å². The van der Waals surface area contributed by atoms with Crippen molar-refractivity contribution in [3.63, 3.8) is 0 Å². The molecule has 0 aromatic carbocycles. The number of fused-ring (bicyclic) bond motifs is 1. The first kappa shape index (κ1) is 20.9. The van der Waals surface area contributed by atoms with Crippen LogP contribution in [-0.4, -0.2) is 26.8 Å². The lowest BCUT2D eigenvalue weighted by molar-refractivity contribution is -0.119. The van der Waals surface area contributed by atoms with Crippen molar-refractivity contribution >= 4 is 39.2 Å². The van der Waals surface area contributed by atoms with Gasteiger partial charge in [-0.3, -0.25) is 14.2 Å². The van der Waals surface area contributed by atoms with E-state index >= 15 is 0 Å². The second-order valence-corrected chi connectivity index (χ2v) is 9.74. The van der Waals surface area contributed by atoms with Gasteiger partial charge in [-0.05, 0) is 51.5 Å². The average Bonchev–Trinajstić information content (AvgIpc) is 3.47. The molecule has 0 aliphatic heterocycles. The Kier molecular flexibility index (Phi) is 6.15. The summed E-state index contributed by atoms with van der Waals surface area (Å²) < 4.78 is 1.70. The van der Waals surface area contributed by atoms with Gasteiger partial charge in [0.25, 0.3) is 5.56 Å². The Morgan fingerprint density at radius 2 is 2.18 bits per heavy atom. The number of carbonyl (C=O) groups excluding carboxylic acids is 1. The number of nitrogens with one attached hydrogen (secondary N) is 1. The minimum absolute atomic E-state index is 0.0250. The van der Waals surface area contributed by atoms with Crippen molar-refractivity contribution in [2.75, 3.05) is 5.75 Å². The van der Waals surface area contributed by atoms with Crippen LogP contribution in [0.1, 0.15) is 50.0 Å². The van der Waals surface area contributed by atoms with Crippen molar-refractivity contribution in [3.8, 4) is 6.07 Å². The van der Waals surface area contributed by atoms with Crippen molar-refractivity contribution in [1.29, 1.82) is 5.26 Å². The van der Waals surface area contributed by atoms with Crippen molar-refractivity contribution in [3.05, 3.63) is 20.8 Å². The first-order valence-electron chi connectivity index (χ1n) is 9.66. The van der Waals surface area contributed by atoms with Crippen LogP contribution < -0.4 is 10.9 Å². The predicted octanol–water partition coefficient (Wildman–Crippen LogP) is 3.78. The van der Waals surface area contributed by atoms with E-state index in [0.717, 1.165) is 41.0 Å². The van der Waals surface area contributed by atoms with Gasteiger partial charge < -0.3 is 5.32 Å². The fourth-order valence-electron chi connectivity index (χ4n) is 3.27. The van der Waals surface area contributed by atoms with Crippen LogP contribution in [0.2, 0.25) is 0 Å². The molecule has 1 amide bonds. The molecule has 0 radical (unpaired) electrons. The van der Waals surface area contributed by atoms with Crippen LogP contribution in [-0.2, 0) is 11.3 Å². The monoisotopic (exact) mass is 418 g/mol. The van der Waals surface area contributed by atoms with Gasteiger partial charge in [-0.1, -0.05) is 25.1 Å². The molecule has 0 bridgehead atoms. The Morgan fingerprint density at radius 1 is 1.46 bits per heavy atom. The smallest absolute Gasteiger partial charge is 0.263 e. The van der Waals surface area contributed by atoms with Gasteiger partial charge in [-0.2, -0.15) is 5.26 Å². The van der Waals surface area contributed by atoms with Crippen molar-refractivity contribution in [2.24, 2.45) is 5.92 Å². The molecule has 2 aromatic rings. The summed E-state index contributed by atoms with van der Waals surface area (Å²) in [6.07, 6.45) is 3.80. The summed E-state index contributed by atoms with van der Waals surface area (Å²) >= 11 is 2.79. The molecule has 1 saturated carbocycles. The van der Waals surface area contributed by atoms with Gasteiger partial charge in [0.15, 0.2) is 5.16 Å². The lowest BCUT2D eigenvalue weighted by Crippen LogP contribution is -2.47. The second kappa shape index (κ2) is 8.26. The maximum atomic E-state index is 13.1. The Labute approximate surface area is 173 Å². The minimum atomic E-state index is -0.807. The Balaban J connectivity index is 1.84. The third kappa shape index (κ3) is 4.11. The molecule has 1 aliphatic carbocycles. The molecular weight excluding hydrogens is 392 g/mol. The molecule has 1 fully saturated rings. The van der Waals surface area contributed by atoms with Crippen molar-refractivity contribution in [1.82, 2.24) is 14.9 Å². The maximum absolute atomic E-state index is 13.1. The van der Waals surface area contributed by atoms with E-state index in [-0.39, 0.29) is 23.1 Å². The molecule has 1 unspecified atom stereocenters. The van der Waals surface area contributed by atoms with Gasteiger partial charge in [0.1, 0.15) is 10.4 Å². The molecule has 1 aliphatic rings. The number of unbranched alkanes of at least 4 members (excludes halogenated alkanes) is 1. The largest absolute Gasteiger partial charge is 0.337 e. The summed E-state index contributed by atoms with van der Waals surface area (Å²) in [6.45, 7) is 8.42. The van der Waals surface area contributed by atoms with Gasteiger partial charge in [0.05, 0.1) is 17.2 Å². The zero-order valence-electron chi connectivity index (χ0n) is 16.8. The van der Waals surface area contributed by atoms with Gasteiger partial charge in [-0.25, -0.2) is 4.98 Å². The minimum Gasteiger partial charge on any atom is -0.337 e. The third-order valence-corrected chi connectivity index (χ3v) is 7.42. The first-order chi connectivity index (χ1) is 13.3. The molecule has 0 spiro atoms. The number of amides is 1. The molecular formula is C20H26N4O2S2. The molecule has 0 saturated heterocycles. The number of thioether (sulfide) groups is 1. The quantitative estimate of drug-likeness (QED) is 0.521. The van der Waals surface area contributed by atoms with Crippen LogP contribution >= 0.6 is 23.1 Å². The van der Waals surface area contributed by atoms with Crippen molar-refractivity contribution < 1.29 is 4.79 Å². The number of hydrogen-bond acceptors (Lipinski definition) is 6. The summed E-state index contributed by atoms with van der Waals surface area (Å²) in [7, 11) is 0. The van der Waals surface area contributed by atoms with Gasteiger partial charge >= 0.3 is 0 Å². The topological polar surface area (TPSA) is 87.8 Å². The van der Waals surface area contributed by atoms with Crippen LogP contribution in [0.3, 0.4) is 0 Å². The summed E-state index contributed by atoms with van der Waals surface area (Å²) in [5.74, 6) is 0.175. The van der Waals surface area contributed by atoms with E-state index in [1.807, 2.05) is 13.8 Å². The van der Waals surface area contributed by atoms with Gasteiger partial charge in [0, 0.05) is 11.4 Å². The maximum Gasteiger partial charge on any atom is 0.263 e. The number of rotatable bonds is 8. The van der Waals surface area contributed by atoms with Crippen LogP contribution in [0, 0.1) is 31.1 Å². The fourth-order valence-corrected chi connectivity index (χ4v) is 5.17. The molecule has 2 heterocycles. The molecule has 2 aromatic heterocycles. The Bertz CT molecular complexity index is 1000. The zero-order chi connectivity index (χ0) is 20.5. The highest BCUT2D eigenvalue weighted by molar-refractivity contribution is 7.99. The van der Waals surface area contributed by atoms with Gasteiger partial charge in [-0.15, -0.1) is 11.3 Å². The lowest BCUT2D eigenvalue weighted by atomic mass is 9.98. The van der Waals surface area contributed by atoms with E-state index in [2.05, 4.69) is 18.3 Å². The zero-order valence-corrected chi connectivity index (χ0v) is 18.4. The summed E-state index contributed by atoms with van der Waals surface area (Å²) in [6, 6.07) is 2.24.